The molecule has 2 nitrogen and oxygen atoms in total. The van der Waals surface area contributed by atoms with Crippen molar-refractivity contribution < 1.29 is 4.74 Å². The van der Waals surface area contributed by atoms with Gasteiger partial charge in [-0.05, 0) is 49.9 Å². The van der Waals surface area contributed by atoms with Gasteiger partial charge in [0.25, 0.3) is 0 Å². The van der Waals surface area contributed by atoms with E-state index in [-0.39, 0.29) is 0 Å². The highest BCUT2D eigenvalue weighted by Crippen LogP contribution is 2.43. The van der Waals surface area contributed by atoms with Crippen LogP contribution >= 0.6 is 24.0 Å². The minimum atomic E-state index is 0.557. The number of nitrogens with zero attached hydrogens (tertiary/aromatic N) is 1. The van der Waals surface area contributed by atoms with Crippen LogP contribution in [0.5, 0.6) is 5.75 Å². The lowest BCUT2D eigenvalue weighted by atomic mass is 10.1. The Kier molecular flexibility index (Phi) is 4.03. The van der Waals surface area contributed by atoms with E-state index in [1.54, 1.807) is 11.3 Å². The van der Waals surface area contributed by atoms with Crippen LogP contribution in [0.2, 0.25) is 0 Å². The van der Waals surface area contributed by atoms with Gasteiger partial charge in [0.15, 0.2) is 0 Å². The van der Waals surface area contributed by atoms with Crippen LogP contribution in [0.1, 0.15) is 45.5 Å². The highest BCUT2D eigenvalue weighted by atomic mass is 32.1. The minimum absolute atomic E-state index is 0.557. The van der Waals surface area contributed by atoms with Gasteiger partial charge >= 0.3 is 0 Å². The number of rotatable bonds is 5. The molecule has 0 bridgehead atoms. The largest absolute Gasteiger partial charge is 0.486 e. The van der Waals surface area contributed by atoms with E-state index >= 15 is 0 Å². The summed E-state index contributed by atoms with van der Waals surface area (Å²) < 4.78 is 5.89. The average molecular weight is 305 g/mol. The molecular weight excluding hydrogens is 286 g/mol. The number of thiazole rings is 1. The van der Waals surface area contributed by atoms with Crippen molar-refractivity contribution in [3.05, 3.63) is 44.9 Å². The quantitative estimate of drug-likeness (QED) is 0.813. The van der Waals surface area contributed by atoms with E-state index in [1.165, 1.54) is 34.5 Å². The molecule has 4 heteroatoms. The maximum absolute atomic E-state index is 5.89. The van der Waals surface area contributed by atoms with Crippen LogP contribution in [0.4, 0.5) is 0 Å². The number of hydrogen-bond donors (Lipinski definition) is 1. The van der Waals surface area contributed by atoms with Gasteiger partial charge in [-0.15, -0.1) is 11.3 Å². The highest BCUT2D eigenvalue weighted by Gasteiger charge is 2.29. The SMILES string of the molecule is Cc1cc(C)cc(OCc2nc(C3CC3)c(CS)s2)c1. The summed E-state index contributed by atoms with van der Waals surface area (Å²) in [6, 6.07) is 6.30. The van der Waals surface area contributed by atoms with Crippen molar-refractivity contribution in [2.75, 3.05) is 0 Å². The molecule has 1 fully saturated rings. The van der Waals surface area contributed by atoms with Crippen molar-refractivity contribution in [1.29, 1.82) is 0 Å². The van der Waals surface area contributed by atoms with E-state index in [9.17, 15) is 0 Å². The highest BCUT2D eigenvalue weighted by molar-refractivity contribution is 7.79. The van der Waals surface area contributed by atoms with E-state index in [0.29, 0.717) is 12.5 Å². The molecule has 1 aromatic heterocycles. The molecule has 0 unspecified atom stereocenters. The monoisotopic (exact) mass is 305 g/mol. The summed E-state index contributed by atoms with van der Waals surface area (Å²) >= 11 is 6.15. The molecule has 1 saturated carbocycles. The first-order valence-electron chi connectivity index (χ1n) is 6.96. The van der Waals surface area contributed by atoms with Gasteiger partial charge < -0.3 is 4.74 Å². The molecule has 106 valence electrons. The second-order valence-corrected chi connectivity index (χ2v) is 6.94. The van der Waals surface area contributed by atoms with Gasteiger partial charge in [0.1, 0.15) is 17.4 Å². The predicted octanol–water partition coefficient (Wildman–Crippen LogP) is 4.65. The molecule has 1 aliphatic rings. The Bertz CT molecular complexity index is 597. The summed E-state index contributed by atoms with van der Waals surface area (Å²) in [4.78, 5) is 6.06. The minimum Gasteiger partial charge on any atom is -0.486 e. The fourth-order valence-corrected chi connectivity index (χ4v) is 3.71. The fraction of sp³-hybridized carbons (Fsp3) is 0.438. The molecule has 0 N–H and O–H groups in total. The maximum atomic E-state index is 5.89. The van der Waals surface area contributed by atoms with Gasteiger partial charge in [-0.25, -0.2) is 4.98 Å². The number of thiol groups is 1. The molecule has 2 aromatic rings. The zero-order chi connectivity index (χ0) is 14.1. The van der Waals surface area contributed by atoms with Gasteiger partial charge in [-0.1, -0.05) is 6.07 Å². The Labute approximate surface area is 129 Å². The number of aromatic nitrogens is 1. The summed E-state index contributed by atoms with van der Waals surface area (Å²) in [5, 5.41) is 1.06. The number of hydrogen-bond acceptors (Lipinski definition) is 4. The van der Waals surface area contributed by atoms with E-state index < -0.39 is 0 Å². The molecule has 0 radical (unpaired) electrons. The molecule has 0 amide bonds. The predicted molar refractivity (Wildman–Crippen MR) is 87.0 cm³/mol. The standard InChI is InChI=1S/C16H19NOS2/c1-10-5-11(2)7-13(6-10)18-8-15-17-16(12-3-4-12)14(9-19)20-15/h5-7,12,19H,3-4,8-9H2,1-2H3. The van der Waals surface area contributed by atoms with Gasteiger partial charge in [0.05, 0.1) is 5.69 Å². The van der Waals surface area contributed by atoms with Crippen LogP contribution in [0, 0.1) is 13.8 Å². The third-order valence-corrected chi connectivity index (χ3v) is 5.01. The Morgan fingerprint density at radius 2 is 1.95 bits per heavy atom. The van der Waals surface area contributed by atoms with E-state index in [4.69, 9.17) is 9.72 Å². The van der Waals surface area contributed by atoms with Crippen LogP contribution in [0.25, 0.3) is 0 Å². The molecule has 20 heavy (non-hydrogen) atoms. The Morgan fingerprint density at radius 1 is 1.25 bits per heavy atom. The third-order valence-electron chi connectivity index (χ3n) is 3.44. The zero-order valence-corrected chi connectivity index (χ0v) is 13.6. The zero-order valence-electron chi connectivity index (χ0n) is 11.8. The molecule has 3 rings (SSSR count). The van der Waals surface area contributed by atoms with Crippen molar-refractivity contribution in [1.82, 2.24) is 4.98 Å². The smallest absolute Gasteiger partial charge is 0.140 e. The number of ether oxygens (including phenoxy) is 1. The van der Waals surface area contributed by atoms with Crippen LogP contribution in [0.15, 0.2) is 18.2 Å². The van der Waals surface area contributed by atoms with Crippen molar-refractivity contribution in [2.24, 2.45) is 0 Å². The second-order valence-electron chi connectivity index (χ2n) is 5.46. The van der Waals surface area contributed by atoms with Crippen molar-refractivity contribution in [2.45, 2.75) is 45.0 Å². The van der Waals surface area contributed by atoms with Crippen LogP contribution < -0.4 is 4.74 Å². The molecule has 0 spiro atoms. The van der Waals surface area contributed by atoms with Gasteiger partial charge in [0, 0.05) is 16.5 Å². The van der Waals surface area contributed by atoms with Crippen molar-refractivity contribution in [3.8, 4) is 5.75 Å². The summed E-state index contributed by atoms with van der Waals surface area (Å²) in [5.74, 6) is 2.40. The molecular formula is C16H19NOS2. The molecule has 1 heterocycles. The fourth-order valence-electron chi connectivity index (χ4n) is 2.43. The molecule has 0 atom stereocenters. The Hall–Kier alpha value is -1.000. The summed E-state index contributed by atoms with van der Waals surface area (Å²) in [5.41, 5.74) is 3.73. The first-order chi connectivity index (χ1) is 9.65. The molecule has 1 aromatic carbocycles. The van der Waals surface area contributed by atoms with Gasteiger partial charge in [0.2, 0.25) is 0 Å². The van der Waals surface area contributed by atoms with Crippen molar-refractivity contribution >= 4 is 24.0 Å². The number of aryl methyl sites for hydroxylation is 2. The normalized spacial score (nSPS) is 14.6. The topological polar surface area (TPSA) is 22.1 Å². The molecule has 0 saturated heterocycles. The lowest BCUT2D eigenvalue weighted by Crippen LogP contribution is -1.96. The molecule has 1 aliphatic carbocycles. The van der Waals surface area contributed by atoms with E-state index in [0.717, 1.165) is 16.5 Å². The Morgan fingerprint density at radius 3 is 2.55 bits per heavy atom. The first-order valence-corrected chi connectivity index (χ1v) is 8.41. The first kappa shape index (κ1) is 14.0. The summed E-state index contributed by atoms with van der Waals surface area (Å²) in [6.07, 6.45) is 2.56. The van der Waals surface area contributed by atoms with Crippen LogP contribution in [-0.4, -0.2) is 4.98 Å². The van der Waals surface area contributed by atoms with Crippen LogP contribution in [0.3, 0.4) is 0 Å². The van der Waals surface area contributed by atoms with Crippen molar-refractivity contribution in [3.63, 3.8) is 0 Å². The van der Waals surface area contributed by atoms with Gasteiger partial charge in [-0.3, -0.25) is 0 Å². The van der Waals surface area contributed by atoms with E-state index in [2.05, 4.69) is 44.7 Å². The summed E-state index contributed by atoms with van der Waals surface area (Å²) in [6.45, 7) is 4.74. The number of benzene rings is 1. The Balaban J connectivity index is 1.71. The lowest BCUT2D eigenvalue weighted by Gasteiger charge is -2.06. The second kappa shape index (κ2) is 5.78. The van der Waals surface area contributed by atoms with Crippen LogP contribution in [-0.2, 0) is 12.4 Å². The summed E-state index contributed by atoms with van der Waals surface area (Å²) in [7, 11) is 0. The van der Waals surface area contributed by atoms with Gasteiger partial charge in [-0.2, -0.15) is 12.6 Å². The molecule has 0 aliphatic heterocycles. The average Bonchev–Trinajstić information content (AvgIpc) is 3.16. The third kappa shape index (κ3) is 3.18. The van der Waals surface area contributed by atoms with E-state index in [1.807, 2.05) is 0 Å². The lowest BCUT2D eigenvalue weighted by molar-refractivity contribution is 0.305. The maximum Gasteiger partial charge on any atom is 0.140 e.